The highest BCUT2D eigenvalue weighted by Crippen LogP contribution is 2.26. The van der Waals surface area contributed by atoms with Gasteiger partial charge in [-0.2, -0.15) is 0 Å². The average Bonchev–Trinajstić information content (AvgIpc) is 2.55. The summed E-state index contributed by atoms with van der Waals surface area (Å²) >= 11 is 6.29. The van der Waals surface area contributed by atoms with Gasteiger partial charge in [0.2, 0.25) is 0 Å². The maximum absolute atomic E-state index is 9.50. The molecule has 0 aliphatic carbocycles. The van der Waals surface area contributed by atoms with Crippen molar-refractivity contribution in [3.63, 3.8) is 0 Å². The van der Waals surface area contributed by atoms with Crippen LogP contribution in [0.2, 0.25) is 5.02 Å². The molecule has 1 saturated heterocycles. The molecular weight excluding hydrogens is 312 g/mol. The zero-order chi connectivity index (χ0) is 16.7. The lowest BCUT2D eigenvalue weighted by Crippen LogP contribution is -2.39. The van der Waals surface area contributed by atoms with Gasteiger partial charge in [-0.05, 0) is 43.9 Å². The van der Waals surface area contributed by atoms with E-state index in [1.165, 1.54) is 5.56 Å². The molecule has 1 fully saturated rings. The number of rotatable bonds is 8. The number of nitrogens with zero attached hydrogens (tertiary/aromatic N) is 1. The summed E-state index contributed by atoms with van der Waals surface area (Å²) in [5.74, 6) is 0.761. The minimum Gasteiger partial charge on any atom is -0.489 e. The van der Waals surface area contributed by atoms with Crippen LogP contribution in [0.5, 0.6) is 5.75 Å². The normalized spacial score (nSPS) is 18.1. The fraction of sp³-hybridized carbons (Fsp3) is 0.667. The SMILES string of the molecule is CC[C@@H](C)Oc1ccc(CNCCN2CCC(O)CC2)cc1Cl. The van der Waals surface area contributed by atoms with Crippen LogP contribution in [0.4, 0.5) is 0 Å². The maximum atomic E-state index is 9.50. The molecule has 0 saturated carbocycles. The molecule has 1 heterocycles. The lowest BCUT2D eigenvalue weighted by atomic mass is 10.1. The Bertz CT molecular complexity index is 476. The smallest absolute Gasteiger partial charge is 0.138 e. The summed E-state index contributed by atoms with van der Waals surface area (Å²) in [6.45, 7) is 8.91. The van der Waals surface area contributed by atoms with E-state index < -0.39 is 0 Å². The number of hydrogen-bond donors (Lipinski definition) is 2. The number of benzene rings is 1. The Hall–Kier alpha value is -0.810. The molecule has 1 aromatic rings. The first-order valence-corrected chi connectivity index (χ1v) is 9.02. The number of hydrogen-bond acceptors (Lipinski definition) is 4. The van der Waals surface area contributed by atoms with E-state index in [1.54, 1.807) is 0 Å². The Labute approximate surface area is 144 Å². The summed E-state index contributed by atoms with van der Waals surface area (Å²) < 4.78 is 5.78. The van der Waals surface area contributed by atoms with Crippen LogP contribution < -0.4 is 10.1 Å². The van der Waals surface area contributed by atoms with Gasteiger partial charge in [-0.25, -0.2) is 0 Å². The fourth-order valence-electron chi connectivity index (χ4n) is 2.66. The lowest BCUT2D eigenvalue weighted by Gasteiger charge is -2.29. The van der Waals surface area contributed by atoms with Gasteiger partial charge in [-0.1, -0.05) is 24.6 Å². The monoisotopic (exact) mass is 340 g/mol. The van der Waals surface area contributed by atoms with Gasteiger partial charge in [0.15, 0.2) is 0 Å². The summed E-state index contributed by atoms with van der Waals surface area (Å²) in [7, 11) is 0. The summed E-state index contributed by atoms with van der Waals surface area (Å²) in [5, 5.41) is 13.6. The van der Waals surface area contributed by atoms with E-state index in [2.05, 4.69) is 23.2 Å². The van der Waals surface area contributed by atoms with E-state index in [0.29, 0.717) is 5.02 Å². The molecule has 5 heteroatoms. The third-order valence-electron chi connectivity index (χ3n) is 4.39. The molecule has 2 rings (SSSR count). The van der Waals surface area contributed by atoms with Gasteiger partial charge in [0.25, 0.3) is 0 Å². The van der Waals surface area contributed by atoms with Crippen LogP contribution in [-0.2, 0) is 6.54 Å². The van der Waals surface area contributed by atoms with Gasteiger partial charge in [0.1, 0.15) is 5.75 Å². The van der Waals surface area contributed by atoms with E-state index in [9.17, 15) is 5.11 Å². The Kier molecular flexibility index (Phi) is 7.63. The van der Waals surface area contributed by atoms with Gasteiger partial charge in [-0.15, -0.1) is 0 Å². The molecule has 4 nitrogen and oxygen atoms in total. The summed E-state index contributed by atoms with van der Waals surface area (Å²) in [4.78, 5) is 2.40. The molecule has 130 valence electrons. The van der Waals surface area contributed by atoms with Crippen LogP contribution >= 0.6 is 11.6 Å². The van der Waals surface area contributed by atoms with E-state index in [4.69, 9.17) is 16.3 Å². The maximum Gasteiger partial charge on any atom is 0.138 e. The Morgan fingerprint density at radius 1 is 1.39 bits per heavy atom. The standard InChI is InChI=1S/C18H29ClN2O2/c1-3-14(2)23-18-5-4-15(12-17(18)19)13-20-8-11-21-9-6-16(22)7-10-21/h4-5,12,14,16,20,22H,3,6-11,13H2,1-2H3/t14-/m1/s1. The minimum atomic E-state index is -0.0995. The largest absolute Gasteiger partial charge is 0.489 e. The fourth-order valence-corrected chi connectivity index (χ4v) is 2.91. The van der Waals surface area contributed by atoms with Crippen molar-refractivity contribution in [2.75, 3.05) is 26.2 Å². The highest BCUT2D eigenvalue weighted by molar-refractivity contribution is 6.32. The molecule has 0 unspecified atom stereocenters. The van der Waals surface area contributed by atoms with Gasteiger partial charge in [0.05, 0.1) is 17.2 Å². The van der Waals surface area contributed by atoms with Crippen LogP contribution in [0.15, 0.2) is 18.2 Å². The number of aliphatic hydroxyl groups excluding tert-OH is 1. The molecule has 1 atom stereocenters. The van der Waals surface area contributed by atoms with Crippen molar-refractivity contribution in [1.82, 2.24) is 10.2 Å². The Morgan fingerprint density at radius 3 is 2.78 bits per heavy atom. The summed E-state index contributed by atoms with van der Waals surface area (Å²) in [5.41, 5.74) is 1.17. The molecule has 0 bridgehead atoms. The van der Waals surface area contributed by atoms with E-state index >= 15 is 0 Å². The number of likely N-dealkylation sites (tertiary alicyclic amines) is 1. The van der Waals surface area contributed by atoms with Crippen molar-refractivity contribution < 1.29 is 9.84 Å². The molecule has 0 amide bonds. The van der Waals surface area contributed by atoms with Crippen LogP contribution in [-0.4, -0.2) is 48.4 Å². The molecular formula is C18H29ClN2O2. The first-order chi connectivity index (χ1) is 11.1. The molecule has 1 aromatic carbocycles. The number of halogens is 1. The Balaban J connectivity index is 1.70. The topological polar surface area (TPSA) is 44.7 Å². The van der Waals surface area contributed by atoms with E-state index in [0.717, 1.165) is 57.7 Å². The van der Waals surface area contributed by atoms with Gasteiger partial charge >= 0.3 is 0 Å². The summed E-state index contributed by atoms with van der Waals surface area (Å²) in [6.07, 6.45) is 2.84. The summed E-state index contributed by atoms with van der Waals surface area (Å²) in [6, 6.07) is 5.99. The van der Waals surface area contributed by atoms with Crippen molar-refractivity contribution in [3.8, 4) is 5.75 Å². The van der Waals surface area contributed by atoms with Crippen LogP contribution in [0.3, 0.4) is 0 Å². The van der Waals surface area contributed by atoms with Crippen LogP contribution in [0.25, 0.3) is 0 Å². The lowest BCUT2D eigenvalue weighted by molar-refractivity contribution is 0.0830. The van der Waals surface area contributed by atoms with Gasteiger partial charge in [-0.3, -0.25) is 0 Å². The number of piperidine rings is 1. The highest BCUT2D eigenvalue weighted by Gasteiger charge is 2.16. The van der Waals surface area contributed by atoms with Crippen molar-refractivity contribution in [2.45, 2.75) is 51.9 Å². The average molecular weight is 341 g/mol. The van der Waals surface area contributed by atoms with Crippen LogP contribution in [0.1, 0.15) is 38.7 Å². The molecule has 0 radical (unpaired) electrons. The van der Waals surface area contributed by atoms with Crippen molar-refractivity contribution in [2.24, 2.45) is 0 Å². The predicted molar refractivity (Wildman–Crippen MR) is 95.2 cm³/mol. The first kappa shape index (κ1) is 18.5. The highest BCUT2D eigenvalue weighted by atomic mass is 35.5. The molecule has 0 spiro atoms. The third kappa shape index (κ3) is 6.30. The number of aliphatic hydroxyl groups is 1. The first-order valence-electron chi connectivity index (χ1n) is 8.64. The predicted octanol–water partition coefficient (Wildman–Crippen LogP) is 3.06. The number of nitrogens with one attached hydrogen (secondary N) is 1. The van der Waals surface area contributed by atoms with E-state index in [-0.39, 0.29) is 12.2 Å². The molecule has 1 aliphatic rings. The van der Waals surface area contributed by atoms with Crippen molar-refractivity contribution in [1.29, 1.82) is 0 Å². The van der Waals surface area contributed by atoms with Crippen LogP contribution in [0, 0.1) is 0 Å². The van der Waals surface area contributed by atoms with E-state index in [1.807, 2.05) is 19.1 Å². The minimum absolute atomic E-state index is 0.0995. The molecule has 2 N–H and O–H groups in total. The zero-order valence-electron chi connectivity index (χ0n) is 14.2. The Morgan fingerprint density at radius 2 is 2.13 bits per heavy atom. The number of ether oxygens (including phenoxy) is 1. The van der Waals surface area contributed by atoms with Crippen molar-refractivity contribution >= 4 is 11.6 Å². The second-order valence-electron chi connectivity index (χ2n) is 6.35. The van der Waals surface area contributed by atoms with Gasteiger partial charge < -0.3 is 20.1 Å². The second kappa shape index (κ2) is 9.48. The van der Waals surface area contributed by atoms with Gasteiger partial charge in [0, 0.05) is 32.7 Å². The quantitative estimate of drug-likeness (QED) is 0.714. The second-order valence-corrected chi connectivity index (χ2v) is 6.76. The molecule has 1 aliphatic heterocycles. The molecule has 0 aromatic heterocycles. The molecule has 23 heavy (non-hydrogen) atoms. The third-order valence-corrected chi connectivity index (χ3v) is 4.69. The van der Waals surface area contributed by atoms with Crippen molar-refractivity contribution in [3.05, 3.63) is 28.8 Å². The zero-order valence-corrected chi connectivity index (χ0v) is 15.0.